The van der Waals surface area contributed by atoms with Gasteiger partial charge < -0.3 is 9.47 Å². The Hall–Kier alpha value is -3.79. The fourth-order valence-corrected chi connectivity index (χ4v) is 5.65. The third-order valence-electron chi connectivity index (χ3n) is 6.29. The van der Waals surface area contributed by atoms with E-state index in [0.717, 1.165) is 29.9 Å². The molecule has 180 valence electrons. The van der Waals surface area contributed by atoms with E-state index in [0.29, 0.717) is 24.3 Å². The maximum absolute atomic E-state index is 13.5. The Bertz CT molecular complexity index is 1420. The van der Waals surface area contributed by atoms with Crippen LogP contribution in [-0.4, -0.2) is 41.3 Å². The fourth-order valence-electron chi connectivity index (χ4n) is 4.56. The van der Waals surface area contributed by atoms with E-state index in [1.54, 1.807) is 54.9 Å². The molecule has 10 heteroatoms. The van der Waals surface area contributed by atoms with Crippen LogP contribution in [0.1, 0.15) is 24.6 Å². The Kier molecular flexibility index (Phi) is 6.21. The zero-order chi connectivity index (χ0) is 24.4. The number of aryl methyl sites for hydroxylation is 1. The van der Waals surface area contributed by atoms with Crippen LogP contribution in [-0.2, 0) is 17.1 Å². The Morgan fingerprint density at radius 3 is 2.43 bits per heavy atom. The first-order chi connectivity index (χ1) is 16.9. The number of benzene rings is 2. The molecule has 35 heavy (non-hydrogen) atoms. The molecule has 0 amide bonds. The number of aromatic nitrogens is 4. The van der Waals surface area contributed by atoms with Crippen molar-refractivity contribution in [2.45, 2.75) is 23.7 Å². The maximum atomic E-state index is 13.5. The SMILES string of the molecule is Cn1cnnc1C1CCN(c2c(NS(=O)(=O)c3ccccc3)cccc2-c2ccc(F)nc2)CC1. The van der Waals surface area contributed by atoms with E-state index in [1.165, 1.54) is 12.3 Å². The summed E-state index contributed by atoms with van der Waals surface area (Å²) in [6.07, 6.45) is 4.85. The third-order valence-corrected chi connectivity index (χ3v) is 7.68. The van der Waals surface area contributed by atoms with Gasteiger partial charge in [0.1, 0.15) is 12.2 Å². The molecule has 8 nitrogen and oxygen atoms in total. The van der Waals surface area contributed by atoms with Crippen molar-refractivity contribution in [3.63, 3.8) is 0 Å². The van der Waals surface area contributed by atoms with Gasteiger partial charge in [0.25, 0.3) is 10.0 Å². The van der Waals surface area contributed by atoms with Gasteiger partial charge in [-0.2, -0.15) is 4.39 Å². The highest BCUT2D eigenvalue weighted by Crippen LogP contribution is 2.41. The predicted octanol–water partition coefficient (Wildman–Crippen LogP) is 4.20. The fraction of sp³-hybridized carbons (Fsp3) is 0.240. The van der Waals surface area contributed by atoms with Crippen molar-refractivity contribution in [1.29, 1.82) is 0 Å². The Morgan fingerprint density at radius 1 is 1.00 bits per heavy atom. The number of pyridine rings is 1. The molecule has 2 aromatic carbocycles. The highest BCUT2D eigenvalue weighted by atomic mass is 32.2. The predicted molar refractivity (Wildman–Crippen MR) is 132 cm³/mol. The summed E-state index contributed by atoms with van der Waals surface area (Å²) in [7, 11) is -1.87. The van der Waals surface area contributed by atoms with Crippen LogP contribution >= 0.6 is 0 Å². The Labute approximate surface area is 203 Å². The molecule has 1 saturated heterocycles. The highest BCUT2D eigenvalue weighted by molar-refractivity contribution is 7.92. The number of piperidine rings is 1. The molecule has 0 radical (unpaired) electrons. The van der Waals surface area contributed by atoms with Gasteiger partial charge in [-0.3, -0.25) is 4.72 Å². The molecule has 0 saturated carbocycles. The van der Waals surface area contributed by atoms with Gasteiger partial charge in [0.05, 0.1) is 16.3 Å². The molecule has 2 aromatic heterocycles. The van der Waals surface area contributed by atoms with E-state index in [9.17, 15) is 12.8 Å². The van der Waals surface area contributed by atoms with Crippen molar-refractivity contribution in [2.75, 3.05) is 22.7 Å². The van der Waals surface area contributed by atoms with Crippen LogP contribution in [0.25, 0.3) is 11.1 Å². The first-order valence-corrected chi connectivity index (χ1v) is 12.8. The second-order valence-corrected chi connectivity index (χ2v) is 10.2. The molecule has 4 aromatic rings. The molecule has 0 bridgehead atoms. The summed E-state index contributed by atoms with van der Waals surface area (Å²) in [6.45, 7) is 1.40. The summed E-state index contributed by atoms with van der Waals surface area (Å²) in [5.74, 6) is 0.647. The molecule has 0 unspecified atom stereocenters. The zero-order valence-electron chi connectivity index (χ0n) is 19.2. The highest BCUT2D eigenvalue weighted by Gasteiger charge is 2.28. The number of sulfonamides is 1. The largest absolute Gasteiger partial charge is 0.369 e. The number of rotatable bonds is 6. The maximum Gasteiger partial charge on any atom is 0.261 e. The standard InChI is InChI=1S/C25H25FN6O2S/c1-31-17-28-29-25(31)18-12-14-32(15-13-18)24-21(19-10-11-23(26)27-16-19)8-5-9-22(24)30-35(33,34)20-6-3-2-4-7-20/h2-11,16-18,30H,12-15H2,1H3. The topological polar surface area (TPSA) is 93.0 Å². The van der Waals surface area contributed by atoms with E-state index in [1.807, 2.05) is 17.7 Å². The lowest BCUT2D eigenvalue weighted by Crippen LogP contribution is -2.34. The number of halogens is 1. The number of para-hydroxylation sites is 1. The van der Waals surface area contributed by atoms with Crippen molar-refractivity contribution in [3.8, 4) is 11.1 Å². The second-order valence-electron chi connectivity index (χ2n) is 8.55. The average Bonchev–Trinajstić information content (AvgIpc) is 3.31. The molecule has 0 atom stereocenters. The molecular weight excluding hydrogens is 467 g/mol. The summed E-state index contributed by atoms with van der Waals surface area (Å²) in [5.41, 5.74) is 2.70. The summed E-state index contributed by atoms with van der Waals surface area (Å²) in [5, 5.41) is 8.27. The minimum absolute atomic E-state index is 0.181. The lowest BCUT2D eigenvalue weighted by atomic mass is 9.94. The molecule has 3 heterocycles. The van der Waals surface area contributed by atoms with Crippen LogP contribution in [0.2, 0.25) is 0 Å². The molecular formula is C25H25FN6O2S. The van der Waals surface area contributed by atoms with Crippen LogP contribution < -0.4 is 9.62 Å². The number of hydrogen-bond acceptors (Lipinski definition) is 6. The van der Waals surface area contributed by atoms with Gasteiger partial charge in [-0.05, 0) is 43.2 Å². The first kappa shape index (κ1) is 23.0. The van der Waals surface area contributed by atoms with Gasteiger partial charge in [0, 0.05) is 43.4 Å². The van der Waals surface area contributed by atoms with Crippen LogP contribution in [0.3, 0.4) is 0 Å². The zero-order valence-corrected chi connectivity index (χ0v) is 20.0. The van der Waals surface area contributed by atoms with Crippen molar-refractivity contribution in [3.05, 3.63) is 85.0 Å². The Morgan fingerprint density at radius 2 is 1.77 bits per heavy atom. The summed E-state index contributed by atoms with van der Waals surface area (Å²) < 4.78 is 44.6. The molecule has 5 rings (SSSR count). The lowest BCUT2D eigenvalue weighted by molar-refractivity contribution is 0.474. The van der Waals surface area contributed by atoms with E-state index in [-0.39, 0.29) is 10.8 Å². The summed E-state index contributed by atoms with van der Waals surface area (Å²) in [6, 6.07) is 16.7. The average molecular weight is 493 g/mol. The number of anilines is 2. The quantitative estimate of drug-likeness (QED) is 0.406. The minimum Gasteiger partial charge on any atom is -0.369 e. The number of hydrogen-bond donors (Lipinski definition) is 1. The van der Waals surface area contributed by atoms with Crippen LogP contribution in [0.15, 0.2) is 78.1 Å². The third kappa shape index (κ3) is 4.74. The van der Waals surface area contributed by atoms with Crippen LogP contribution in [0, 0.1) is 5.95 Å². The molecule has 0 spiro atoms. The van der Waals surface area contributed by atoms with Gasteiger partial charge in [0.2, 0.25) is 5.95 Å². The summed E-state index contributed by atoms with van der Waals surface area (Å²) >= 11 is 0. The molecule has 1 N–H and O–H groups in total. The first-order valence-electron chi connectivity index (χ1n) is 11.3. The van der Waals surface area contributed by atoms with Crippen LogP contribution in [0.5, 0.6) is 0 Å². The van der Waals surface area contributed by atoms with E-state index < -0.39 is 16.0 Å². The van der Waals surface area contributed by atoms with Crippen molar-refractivity contribution < 1.29 is 12.8 Å². The summed E-state index contributed by atoms with van der Waals surface area (Å²) in [4.78, 5) is 6.16. The molecule has 1 aliphatic heterocycles. The van der Waals surface area contributed by atoms with Gasteiger partial charge in [-0.25, -0.2) is 13.4 Å². The normalized spacial score (nSPS) is 14.7. The second kappa shape index (κ2) is 9.46. The molecule has 1 aliphatic rings. The van der Waals surface area contributed by atoms with E-state index in [2.05, 4.69) is 24.8 Å². The van der Waals surface area contributed by atoms with Gasteiger partial charge in [-0.1, -0.05) is 30.3 Å². The van der Waals surface area contributed by atoms with E-state index in [4.69, 9.17) is 0 Å². The van der Waals surface area contributed by atoms with Crippen molar-refractivity contribution in [1.82, 2.24) is 19.7 Å². The Balaban J connectivity index is 1.52. The smallest absolute Gasteiger partial charge is 0.261 e. The van der Waals surface area contributed by atoms with Gasteiger partial charge in [0.15, 0.2) is 0 Å². The van der Waals surface area contributed by atoms with E-state index >= 15 is 0 Å². The van der Waals surface area contributed by atoms with Gasteiger partial charge in [-0.15, -0.1) is 10.2 Å². The number of nitrogens with zero attached hydrogens (tertiary/aromatic N) is 5. The molecule has 1 fully saturated rings. The van der Waals surface area contributed by atoms with Crippen molar-refractivity contribution >= 4 is 21.4 Å². The van der Waals surface area contributed by atoms with Crippen LogP contribution in [0.4, 0.5) is 15.8 Å². The van der Waals surface area contributed by atoms with Crippen molar-refractivity contribution in [2.24, 2.45) is 7.05 Å². The molecule has 0 aliphatic carbocycles. The lowest BCUT2D eigenvalue weighted by Gasteiger charge is -2.35. The van der Waals surface area contributed by atoms with Gasteiger partial charge >= 0.3 is 0 Å². The minimum atomic E-state index is -3.81. The number of nitrogens with one attached hydrogen (secondary N) is 1. The monoisotopic (exact) mass is 492 g/mol.